The number of aryl methyl sites for hydroxylation is 2. The molecule has 2 aliphatic carbocycles. The van der Waals surface area contributed by atoms with Gasteiger partial charge in [-0.05, 0) is 283 Å². The lowest BCUT2D eigenvalue weighted by atomic mass is 9.67. The first-order valence-electron chi connectivity index (χ1n) is 41.8. The van der Waals surface area contributed by atoms with Gasteiger partial charge in [0.25, 0.3) is 0 Å². The van der Waals surface area contributed by atoms with Crippen molar-refractivity contribution in [3.05, 3.63) is 492 Å². The maximum Gasteiger partial charge on any atom is 0.143 e. The summed E-state index contributed by atoms with van der Waals surface area (Å²) in [5.74, 6) is 2.16. The Hall–Kier alpha value is -15.9. The highest BCUT2D eigenvalue weighted by Gasteiger charge is 2.49. The molecular weight excluding hydrogens is 1520 g/mol. The fourth-order valence-corrected chi connectivity index (χ4v) is 19.4. The zero-order valence-electron chi connectivity index (χ0n) is 68.0. The molecule has 8 heteroatoms. The van der Waals surface area contributed by atoms with Crippen molar-refractivity contribution >= 4 is 90.2 Å². The molecule has 0 spiro atoms. The second-order valence-corrected chi connectivity index (χ2v) is 32.2. The van der Waals surface area contributed by atoms with Crippen molar-refractivity contribution < 1.29 is 27.1 Å². The molecule has 0 radical (unpaired) electrons. The highest BCUT2D eigenvalue weighted by Crippen LogP contribution is 2.61. The van der Waals surface area contributed by atoms with Crippen LogP contribution < -0.4 is 19.3 Å². The first-order valence-corrected chi connectivity index (χ1v) is 41.8. The summed E-state index contributed by atoms with van der Waals surface area (Å²) in [7, 11) is 0. The minimum absolute atomic E-state index is 0.316. The second kappa shape index (κ2) is 30.1. The molecule has 590 valence electrons. The summed E-state index contributed by atoms with van der Waals surface area (Å²) in [6.07, 6.45) is 3.64. The molecule has 0 aliphatic heterocycles. The van der Waals surface area contributed by atoms with E-state index in [2.05, 4.69) is 292 Å². The third kappa shape index (κ3) is 12.3. The monoisotopic (exact) mass is 1600 g/mol. The minimum atomic E-state index is -0.914. The number of furan rings is 2. The number of ether oxygens (including phenoxy) is 2. The first-order chi connectivity index (χ1) is 60.9. The molecule has 0 saturated heterocycles. The highest BCUT2D eigenvalue weighted by molar-refractivity contribution is 6.11. The molecule has 2 unspecified atom stereocenters. The Labute approximate surface area is 717 Å². The minimum Gasteiger partial charge on any atom is -0.457 e. The van der Waals surface area contributed by atoms with Gasteiger partial charge in [0.2, 0.25) is 0 Å². The summed E-state index contributed by atoms with van der Waals surface area (Å²) in [6, 6.07) is 138. The molecule has 2 aliphatic rings. The Balaban J connectivity index is 0.687. The summed E-state index contributed by atoms with van der Waals surface area (Å²) in [5, 5.41) is 4.24. The van der Waals surface area contributed by atoms with Crippen molar-refractivity contribution in [2.24, 2.45) is 0 Å². The Morgan fingerprint density at radius 1 is 0.266 bits per heavy atom. The standard InChI is InChI=1S/C116H78F2N2O4/c1-5-75-31-59-91(60-32-75)121-93-63-43-81(44-64-93)115(79-39-47-83(117)48-40-79)107-25-11-7-17-95(107)97-67-57-89(71-109(97)115)119(87-51-29-73(3)105(69-87)103-23-15-21-101-99-19-9-13-27-111(99)123-113(101)103)85-53-35-77(36-54-85)78-37-55-86(56-38-78)120(88-52-30-74(4)106(70-88)104-24-16-22-102-100-20-10-14-28-112(100)124-114(102)104)90-58-68-98-96-18-8-12-26-108(96)116(110(98)72-90,80-41-49-84(118)50-42-80)82-45-65-94(66-46-82)122-92-61-33-76(6-2)34-62-92/h5-72H,1-2H2,3-4H3. The Kier molecular flexibility index (Phi) is 18.1. The predicted octanol–water partition coefficient (Wildman–Crippen LogP) is 31.9. The Morgan fingerprint density at radius 2 is 0.573 bits per heavy atom. The van der Waals surface area contributed by atoms with E-state index < -0.39 is 10.8 Å². The molecule has 0 fully saturated rings. The lowest BCUT2D eigenvalue weighted by Crippen LogP contribution is -2.29. The smallest absolute Gasteiger partial charge is 0.143 e. The molecule has 0 saturated carbocycles. The topological polar surface area (TPSA) is 51.2 Å². The van der Waals surface area contributed by atoms with Gasteiger partial charge < -0.3 is 28.1 Å². The molecule has 18 aromatic carbocycles. The van der Waals surface area contributed by atoms with Gasteiger partial charge in [0, 0.05) is 66.8 Å². The molecule has 2 aromatic heterocycles. The molecule has 20 aromatic rings. The summed E-state index contributed by atoms with van der Waals surface area (Å²) in [6.45, 7) is 12.2. The Morgan fingerprint density at radius 3 is 0.960 bits per heavy atom. The van der Waals surface area contributed by atoms with Gasteiger partial charge >= 0.3 is 0 Å². The number of fused-ring (bicyclic) bond motifs is 12. The van der Waals surface area contributed by atoms with Crippen LogP contribution in [0.2, 0.25) is 0 Å². The van der Waals surface area contributed by atoms with Gasteiger partial charge in [0.05, 0.1) is 10.8 Å². The van der Waals surface area contributed by atoms with E-state index in [4.69, 9.17) is 18.3 Å². The van der Waals surface area contributed by atoms with Gasteiger partial charge in [-0.1, -0.05) is 268 Å². The van der Waals surface area contributed by atoms with E-state index in [9.17, 15) is 0 Å². The molecule has 0 N–H and O–H groups in total. The van der Waals surface area contributed by atoms with E-state index in [1.165, 1.54) is 0 Å². The number of anilines is 6. The number of rotatable bonds is 19. The van der Waals surface area contributed by atoms with Crippen LogP contribution in [-0.2, 0) is 10.8 Å². The van der Waals surface area contributed by atoms with Crippen LogP contribution in [0, 0.1) is 25.5 Å². The van der Waals surface area contributed by atoms with Crippen molar-refractivity contribution in [2.45, 2.75) is 24.7 Å². The zero-order chi connectivity index (χ0) is 83.3. The van der Waals surface area contributed by atoms with Gasteiger partial charge in [0.1, 0.15) is 57.0 Å². The molecule has 0 bridgehead atoms. The first kappa shape index (κ1) is 74.4. The lowest BCUT2D eigenvalue weighted by Gasteiger charge is -2.35. The van der Waals surface area contributed by atoms with Crippen molar-refractivity contribution in [1.29, 1.82) is 0 Å². The van der Waals surface area contributed by atoms with Crippen LogP contribution in [0.25, 0.3) is 112 Å². The molecule has 0 amide bonds. The average molecular weight is 1600 g/mol. The van der Waals surface area contributed by atoms with Gasteiger partial charge in [-0.2, -0.15) is 0 Å². The largest absolute Gasteiger partial charge is 0.457 e. The SMILES string of the molecule is C=Cc1ccc(Oc2ccc(C3(c4ccc(F)cc4)c4ccccc4-c4ccc(N(c5ccc(-c6ccc(N(c7ccc(C)c(-c8cccc9c8oc8ccccc89)c7)c7ccc8c(c7)C(c7ccc(F)cc7)(c7ccc(Oc9ccc(C=C)cc9)cc7)c7ccccc7-8)cc6)cc5)c5ccc(C)c(-c6cccc7c6oc6ccccc67)c5)cc43)cc2)cc1. The van der Waals surface area contributed by atoms with Crippen LogP contribution in [0.4, 0.5) is 42.9 Å². The molecular formula is C116H78F2N2O4. The summed E-state index contributed by atoms with van der Waals surface area (Å²) in [4.78, 5) is 4.72. The highest BCUT2D eigenvalue weighted by atomic mass is 19.1. The average Bonchev–Trinajstić information content (AvgIpc) is 1.53. The molecule has 2 heterocycles. The lowest BCUT2D eigenvalue weighted by molar-refractivity contribution is 0.482. The van der Waals surface area contributed by atoms with Gasteiger partial charge in [-0.3, -0.25) is 0 Å². The predicted molar refractivity (Wildman–Crippen MR) is 504 cm³/mol. The number of halogens is 2. The second-order valence-electron chi connectivity index (χ2n) is 32.2. The van der Waals surface area contributed by atoms with Crippen molar-refractivity contribution in [3.63, 3.8) is 0 Å². The number of hydrogen-bond donors (Lipinski definition) is 0. The fraction of sp³-hybridized carbons (Fsp3) is 0.0345. The molecule has 22 rings (SSSR count). The number of nitrogens with zero attached hydrogens (tertiary/aromatic N) is 2. The Bertz CT molecular complexity index is 7150. The van der Waals surface area contributed by atoms with Crippen LogP contribution in [0.5, 0.6) is 23.0 Å². The normalized spacial score (nSPS) is 14.3. The van der Waals surface area contributed by atoms with Crippen LogP contribution in [-0.4, -0.2) is 0 Å². The van der Waals surface area contributed by atoms with E-state index >= 15 is 8.78 Å². The number of para-hydroxylation sites is 4. The quantitative estimate of drug-likeness (QED) is 0.0804. The summed E-state index contributed by atoms with van der Waals surface area (Å²) in [5.41, 5.74) is 29.8. The van der Waals surface area contributed by atoms with Gasteiger partial charge in [-0.15, -0.1) is 0 Å². The number of hydrogen-bond acceptors (Lipinski definition) is 6. The molecule has 124 heavy (non-hydrogen) atoms. The van der Waals surface area contributed by atoms with Gasteiger partial charge in [0.15, 0.2) is 0 Å². The maximum absolute atomic E-state index is 15.5. The zero-order valence-corrected chi connectivity index (χ0v) is 68.0. The van der Waals surface area contributed by atoms with Crippen molar-refractivity contribution in [2.75, 3.05) is 9.80 Å². The summed E-state index contributed by atoms with van der Waals surface area (Å²) >= 11 is 0. The van der Waals surface area contributed by atoms with E-state index in [-0.39, 0.29) is 11.6 Å². The third-order valence-corrected chi connectivity index (χ3v) is 25.3. The van der Waals surface area contributed by atoms with E-state index in [1.807, 2.05) is 133 Å². The van der Waals surface area contributed by atoms with E-state index in [1.54, 1.807) is 24.3 Å². The van der Waals surface area contributed by atoms with Crippen LogP contribution >= 0.6 is 0 Å². The maximum atomic E-state index is 15.5. The van der Waals surface area contributed by atoms with Crippen LogP contribution in [0.1, 0.15) is 66.8 Å². The fourth-order valence-electron chi connectivity index (χ4n) is 19.4. The van der Waals surface area contributed by atoms with Crippen molar-refractivity contribution in [3.8, 4) is 78.6 Å². The van der Waals surface area contributed by atoms with Gasteiger partial charge in [-0.25, -0.2) is 8.78 Å². The summed E-state index contributed by atoms with van der Waals surface area (Å²) < 4.78 is 57.6. The molecule has 2 atom stereocenters. The van der Waals surface area contributed by atoms with E-state index in [0.717, 1.165) is 200 Å². The van der Waals surface area contributed by atoms with Crippen LogP contribution in [0.15, 0.2) is 422 Å². The molecule has 6 nitrogen and oxygen atoms in total. The van der Waals surface area contributed by atoms with E-state index in [0.29, 0.717) is 23.0 Å². The van der Waals surface area contributed by atoms with Crippen molar-refractivity contribution in [1.82, 2.24) is 0 Å². The third-order valence-electron chi connectivity index (χ3n) is 25.3. The van der Waals surface area contributed by atoms with Crippen LogP contribution in [0.3, 0.4) is 0 Å². The number of benzene rings is 18.